The van der Waals surface area contributed by atoms with E-state index < -0.39 is 11.7 Å². The number of amides is 1. The largest absolute Gasteiger partial charge is 0.321 e. The molecule has 2 rings (SSSR count). The Morgan fingerprint density at radius 1 is 1.39 bits per heavy atom. The van der Waals surface area contributed by atoms with Crippen LogP contribution in [0.15, 0.2) is 41.0 Å². The molecule has 0 fully saturated rings. The molecule has 0 saturated carbocycles. The van der Waals surface area contributed by atoms with Gasteiger partial charge >= 0.3 is 0 Å². The Morgan fingerprint density at radius 2 is 2.17 bits per heavy atom. The Morgan fingerprint density at radius 3 is 2.83 bits per heavy atom. The molecule has 0 atom stereocenters. The summed E-state index contributed by atoms with van der Waals surface area (Å²) >= 11 is 8.77. The van der Waals surface area contributed by atoms with Gasteiger partial charge < -0.3 is 5.32 Å². The van der Waals surface area contributed by atoms with Gasteiger partial charge in [-0.25, -0.2) is 9.37 Å². The van der Waals surface area contributed by atoms with Crippen molar-refractivity contribution in [3.63, 3.8) is 0 Å². The lowest BCUT2D eigenvalue weighted by Gasteiger charge is -2.06. The summed E-state index contributed by atoms with van der Waals surface area (Å²) in [5, 5.41) is 2.54. The van der Waals surface area contributed by atoms with Crippen molar-refractivity contribution in [3.8, 4) is 0 Å². The van der Waals surface area contributed by atoms with Crippen molar-refractivity contribution >= 4 is 39.1 Å². The fraction of sp³-hybridized carbons (Fsp3) is 0. The molecule has 1 heterocycles. The van der Waals surface area contributed by atoms with Crippen LogP contribution in [0.25, 0.3) is 0 Å². The molecular formula is C12H7BrClFN2O. The van der Waals surface area contributed by atoms with Gasteiger partial charge in [0, 0.05) is 16.4 Å². The van der Waals surface area contributed by atoms with E-state index in [2.05, 4.69) is 26.2 Å². The number of carbonyl (C=O) groups is 1. The van der Waals surface area contributed by atoms with Crippen LogP contribution in [-0.2, 0) is 0 Å². The SMILES string of the molecule is O=C(Nc1ccc(Cl)c(F)c1)c1ncccc1Br. The predicted octanol–water partition coefficient (Wildman–Crippen LogP) is 3.89. The Kier molecular flexibility index (Phi) is 3.93. The second-order valence-corrected chi connectivity index (χ2v) is 4.68. The molecule has 0 aliphatic rings. The number of carbonyl (C=O) groups excluding carboxylic acids is 1. The monoisotopic (exact) mass is 328 g/mol. The number of hydrogen-bond donors (Lipinski definition) is 1. The first-order chi connectivity index (χ1) is 8.58. The first-order valence-corrected chi connectivity index (χ1v) is 6.12. The molecule has 1 amide bonds. The van der Waals surface area contributed by atoms with Gasteiger partial charge in [0.15, 0.2) is 0 Å². The fourth-order valence-corrected chi connectivity index (χ4v) is 1.87. The lowest BCUT2D eigenvalue weighted by atomic mass is 10.3. The van der Waals surface area contributed by atoms with Gasteiger partial charge in [-0.3, -0.25) is 4.79 Å². The van der Waals surface area contributed by atoms with Crippen molar-refractivity contribution in [2.75, 3.05) is 5.32 Å². The minimum Gasteiger partial charge on any atom is -0.321 e. The van der Waals surface area contributed by atoms with Crippen LogP contribution in [-0.4, -0.2) is 10.9 Å². The Labute approximate surface area is 116 Å². The van der Waals surface area contributed by atoms with Crippen LogP contribution in [0, 0.1) is 5.82 Å². The number of anilines is 1. The summed E-state index contributed by atoms with van der Waals surface area (Å²) in [6.07, 6.45) is 1.50. The zero-order chi connectivity index (χ0) is 13.1. The second kappa shape index (κ2) is 5.46. The molecule has 6 heteroatoms. The molecule has 3 nitrogen and oxygen atoms in total. The highest BCUT2D eigenvalue weighted by atomic mass is 79.9. The van der Waals surface area contributed by atoms with Crippen molar-refractivity contribution in [3.05, 3.63) is 57.5 Å². The van der Waals surface area contributed by atoms with Gasteiger partial charge in [0.05, 0.1) is 5.02 Å². The third-order valence-electron chi connectivity index (χ3n) is 2.15. The third kappa shape index (κ3) is 2.86. The second-order valence-electron chi connectivity index (χ2n) is 3.42. The molecule has 0 spiro atoms. The number of nitrogens with zero attached hydrogens (tertiary/aromatic N) is 1. The maximum Gasteiger partial charge on any atom is 0.275 e. The lowest BCUT2D eigenvalue weighted by Crippen LogP contribution is -2.14. The van der Waals surface area contributed by atoms with Crippen LogP contribution in [0.3, 0.4) is 0 Å². The summed E-state index contributed by atoms with van der Waals surface area (Å²) in [6, 6.07) is 7.43. The molecule has 0 unspecified atom stereocenters. The first kappa shape index (κ1) is 13.0. The number of halogens is 3. The number of nitrogens with one attached hydrogen (secondary N) is 1. The first-order valence-electron chi connectivity index (χ1n) is 4.95. The summed E-state index contributed by atoms with van der Waals surface area (Å²) in [7, 11) is 0. The number of benzene rings is 1. The van der Waals surface area contributed by atoms with E-state index in [1.165, 1.54) is 18.3 Å². The van der Waals surface area contributed by atoms with Gasteiger partial charge in [-0.05, 0) is 46.3 Å². The predicted molar refractivity (Wildman–Crippen MR) is 71.3 cm³/mol. The summed E-state index contributed by atoms with van der Waals surface area (Å²) in [6.45, 7) is 0. The van der Waals surface area contributed by atoms with Crippen molar-refractivity contribution < 1.29 is 9.18 Å². The molecular weight excluding hydrogens is 322 g/mol. The molecule has 92 valence electrons. The van der Waals surface area contributed by atoms with E-state index in [4.69, 9.17) is 11.6 Å². The van der Waals surface area contributed by atoms with Crippen LogP contribution >= 0.6 is 27.5 Å². The van der Waals surface area contributed by atoms with E-state index in [1.807, 2.05) is 0 Å². The number of hydrogen-bond acceptors (Lipinski definition) is 2. The number of rotatable bonds is 2. The quantitative estimate of drug-likeness (QED) is 0.908. The maximum absolute atomic E-state index is 13.2. The summed E-state index contributed by atoms with van der Waals surface area (Å²) in [4.78, 5) is 15.8. The highest BCUT2D eigenvalue weighted by molar-refractivity contribution is 9.10. The van der Waals surface area contributed by atoms with Gasteiger partial charge in [0.25, 0.3) is 5.91 Å². The van der Waals surface area contributed by atoms with Crippen LogP contribution in [0.2, 0.25) is 5.02 Å². The average Bonchev–Trinajstić information content (AvgIpc) is 2.34. The molecule has 0 aliphatic carbocycles. The van der Waals surface area contributed by atoms with E-state index >= 15 is 0 Å². The molecule has 0 bridgehead atoms. The molecule has 1 N–H and O–H groups in total. The molecule has 1 aromatic heterocycles. The van der Waals surface area contributed by atoms with Gasteiger partial charge in [0.1, 0.15) is 11.5 Å². The molecule has 1 aromatic carbocycles. The minimum atomic E-state index is -0.588. The minimum absolute atomic E-state index is 0.00650. The van der Waals surface area contributed by atoms with E-state index in [9.17, 15) is 9.18 Å². The van der Waals surface area contributed by atoms with Crippen LogP contribution in [0.5, 0.6) is 0 Å². The van der Waals surface area contributed by atoms with E-state index in [1.54, 1.807) is 12.1 Å². The molecule has 18 heavy (non-hydrogen) atoms. The summed E-state index contributed by atoms with van der Waals surface area (Å²) in [5.74, 6) is -1.02. The van der Waals surface area contributed by atoms with Crippen molar-refractivity contribution in [2.45, 2.75) is 0 Å². The Balaban J connectivity index is 2.22. The number of aromatic nitrogens is 1. The van der Waals surface area contributed by atoms with Crippen molar-refractivity contribution in [1.29, 1.82) is 0 Å². The summed E-state index contributed by atoms with van der Waals surface area (Å²) < 4.78 is 13.8. The summed E-state index contributed by atoms with van der Waals surface area (Å²) in [5.41, 5.74) is 0.548. The van der Waals surface area contributed by atoms with E-state index in [-0.39, 0.29) is 10.7 Å². The van der Waals surface area contributed by atoms with Crippen LogP contribution in [0.1, 0.15) is 10.5 Å². The van der Waals surface area contributed by atoms with Crippen LogP contribution in [0.4, 0.5) is 10.1 Å². The topological polar surface area (TPSA) is 42.0 Å². The molecule has 2 aromatic rings. The van der Waals surface area contributed by atoms with E-state index in [0.717, 1.165) is 6.07 Å². The zero-order valence-electron chi connectivity index (χ0n) is 8.95. The maximum atomic E-state index is 13.2. The fourth-order valence-electron chi connectivity index (χ4n) is 1.32. The van der Waals surface area contributed by atoms with E-state index in [0.29, 0.717) is 10.2 Å². The van der Waals surface area contributed by atoms with Gasteiger partial charge in [-0.1, -0.05) is 11.6 Å². The highest BCUT2D eigenvalue weighted by Gasteiger charge is 2.12. The van der Waals surface area contributed by atoms with Gasteiger partial charge in [-0.2, -0.15) is 0 Å². The van der Waals surface area contributed by atoms with Gasteiger partial charge in [-0.15, -0.1) is 0 Å². The molecule has 0 saturated heterocycles. The molecule has 0 radical (unpaired) electrons. The smallest absolute Gasteiger partial charge is 0.275 e. The number of pyridine rings is 1. The Bertz CT molecular complexity index is 606. The lowest BCUT2D eigenvalue weighted by molar-refractivity contribution is 0.102. The molecule has 0 aliphatic heterocycles. The third-order valence-corrected chi connectivity index (χ3v) is 3.10. The highest BCUT2D eigenvalue weighted by Crippen LogP contribution is 2.20. The average molecular weight is 330 g/mol. The standard InChI is InChI=1S/C12H7BrClFN2O/c13-8-2-1-5-16-11(8)12(18)17-7-3-4-9(14)10(15)6-7/h1-6H,(H,17,18). The van der Waals surface area contributed by atoms with Crippen LogP contribution < -0.4 is 5.32 Å². The van der Waals surface area contributed by atoms with Crippen molar-refractivity contribution in [2.24, 2.45) is 0 Å². The van der Waals surface area contributed by atoms with Crippen molar-refractivity contribution in [1.82, 2.24) is 4.98 Å². The van der Waals surface area contributed by atoms with Gasteiger partial charge in [0.2, 0.25) is 0 Å². The normalized spacial score (nSPS) is 10.2. The zero-order valence-corrected chi connectivity index (χ0v) is 11.3. The Hall–Kier alpha value is -1.46.